The van der Waals surface area contributed by atoms with E-state index in [9.17, 15) is 19.5 Å². The molecule has 2 aliphatic heterocycles. The van der Waals surface area contributed by atoms with E-state index >= 15 is 0 Å². The largest absolute Gasteiger partial charge is 0.481 e. The number of hydrogen-bond donors (Lipinski definition) is 2. The minimum atomic E-state index is -0.769. The Labute approximate surface area is 164 Å². The fourth-order valence-corrected chi connectivity index (χ4v) is 5.01. The monoisotopic (exact) mass is 385 g/mol. The lowest BCUT2D eigenvalue weighted by Gasteiger charge is -2.23. The molecule has 1 saturated carbocycles. The Bertz CT molecular complexity index is 796. The number of nitrogens with zero attached hydrogens (tertiary/aromatic N) is 2. The zero-order valence-electron chi connectivity index (χ0n) is 16.0. The number of carboxylic acid groups (broad SMARTS) is 1. The third-order valence-electron chi connectivity index (χ3n) is 6.56. The molecule has 2 atom stereocenters. The number of aliphatic carboxylic acids is 1. The number of carboxylic acids is 1. The second kappa shape index (κ2) is 7.45. The SMILES string of the molecule is O=C1CCCN1Cc1cccc(CNC(=O)N2C[C@@H]3CCC[C@@]3(C(=O)O)C2)c1. The second-order valence-electron chi connectivity index (χ2n) is 8.33. The Kier molecular flexibility index (Phi) is 5.00. The number of fused-ring (bicyclic) bond motifs is 1. The number of carbonyl (C=O) groups is 3. The van der Waals surface area contributed by atoms with Gasteiger partial charge >= 0.3 is 12.0 Å². The third kappa shape index (κ3) is 3.45. The second-order valence-corrected chi connectivity index (χ2v) is 8.33. The van der Waals surface area contributed by atoms with Crippen LogP contribution in [0.15, 0.2) is 24.3 Å². The van der Waals surface area contributed by atoms with Crippen molar-refractivity contribution in [1.29, 1.82) is 0 Å². The molecule has 2 N–H and O–H groups in total. The Morgan fingerprint density at radius 2 is 2.07 bits per heavy atom. The topological polar surface area (TPSA) is 90.0 Å². The van der Waals surface area contributed by atoms with Crippen LogP contribution in [0.5, 0.6) is 0 Å². The highest BCUT2D eigenvalue weighted by molar-refractivity contribution is 5.80. The van der Waals surface area contributed by atoms with Gasteiger partial charge in [-0.15, -0.1) is 0 Å². The van der Waals surface area contributed by atoms with E-state index in [1.54, 1.807) is 4.90 Å². The van der Waals surface area contributed by atoms with Crippen molar-refractivity contribution in [2.75, 3.05) is 19.6 Å². The van der Waals surface area contributed by atoms with Gasteiger partial charge in [-0.1, -0.05) is 30.7 Å². The van der Waals surface area contributed by atoms with Crippen LogP contribution in [0.4, 0.5) is 4.79 Å². The van der Waals surface area contributed by atoms with Gasteiger partial charge in [0, 0.05) is 39.1 Å². The number of rotatable bonds is 5. The summed E-state index contributed by atoms with van der Waals surface area (Å²) in [6, 6.07) is 7.71. The normalized spacial score (nSPS) is 26.6. The first-order valence-corrected chi connectivity index (χ1v) is 10.1. The van der Waals surface area contributed by atoms with Gasteiger partial charge in [-0.05, 0) is 36.3 Å². The molecule has 3 amide bonds. The number of amides is 3. The number of carbonyl (C=O) groups excluding carboxylic acids is 2. The van der Waals surface area contributed by atoms with Gasteiger partial charge in [0.15, 0.2) is 0 Å². The van der Waals surface area contributed by atoms with Crippen molar-refractivity contribution in [2.45, 2.75) is 45.2 Å². The van der Waals surface area contributed by atoms with Crippen molar-refractivity contribution < 1.29 is 19.5 Å². The summed E-state index contributed by atoms with van der Waals surface area (Å²) in [5, 5.41) is 12.6. The van der Waals surface area contributed by atoms with Crippen molar-refractivity contribution in [3.05, 3.63) is 35.4 Å². The fourth-order valence-electron chi connectivity index (χ4n) is 5.01. The van der Waals surface area contributed by atoms with E-state index in [1.165, 1.54) is 0 Å². The van der Waals surface area contributed by atoms with E-state index in [4.69, 9.17) is 0 Å². The standard InChI is InChI=1S/C21H27N3O4/c25-18-7-3-9-23(18)12-16-5-1-4-15(10-16)11-22-20(28)24-13-17-6-2-8-21(17,14-24)19(26)27/h1,4-5,10,17H,2-3,6-9,11-14H2,(H,22,28)(H,26,27)/t17-,21+/m0/s1. The third-order valence-corrected chi connectivity index (χ3v) is 6.56. The van der Waals surface area contributed by atoms with Crippen molar-refractivity contribution in [1.82, 2.24) is 15.1 Å². The number of nitrogens with one attached hydrogen (secondary N) is 1. The maximum Gasteiger partial charge on any atom is 0.317 e. The van der Waals surface area contributed by atoms with Gasteiger partial charge in [-0.25, -0.2) is 4.79 Å². The molecule has 1 aromatic rings. The summed E-state index contributed by atoms with van der Waals surface area (Å²) in [5.74, 6) is -0.503. The zero-order chi connectivity index (χ0) is 19.7. The van der Waals surface area contributed by atoms with Gasteiger partial charge in [0.25, 0.3) is 0 Å². The predicted octanol–water partition coefficient (Wildman–Crippen LogP) is 2.21. The molecular weight excluding hydrogens is 358 g/mol. The maximum absolute atomic E-state index is 12.6. The highest BCUT2D eigenvalue weighted by Gasteiger charge is 2.55. The summed E-state index contributed by atoms with van der Waals surface area (Å²) in [6.45, 7) is 2.63. The van der Waals surface area contributed by atoms with Crippen LogP contribution in [0.25, 0.3) is 0 Å². The first-order chi connectivity index (χ1) is 13.5. The smallest absolute Gasteiger partial charge is 0.317 e. The molecule has 2 heterocycles. The molecule has 3 aliphatic rings. The fraction of sp³-hybridized carbons (Fsp3) is 0.571. The van der Waals surface area contributed by atoms with Crippen molar-refractivity contribution in [3.8, 4) is 0 Å². The molecule has 150 valence electrons. The highest BCUT2D eigenvalue weighted by atomic mass is 16.4. The Hall–Kier alpha value is -2.57. The summed E-state index contributed by atoms with van der Waals surface area (Å²) >= 11 is 0. The van der Waals surface area contributed by atoms with Crippen molar-refractivity contribution in [2.24, 2.45) is 11.3 Å². The van der Waals surface area contributed by atoms with Crippen LogP contribution in [0.1, 0.15) is 43.2 Å². The van der Waals surface area contributed by atoms with Crippen molar-refractivity contribution >= 4 is 17.9 Å². The molecule has 2 saturated heterocycles. The maximum atomic E-state index is 12.6. The average Bonchev–Trinajstić information content (AvgIpc) is 3.35. The number of hydrogen-bond acceptors (Lipinski definition) is 3. The van der Waals surface area contributed by atoms with E-state index in [-0.39, 0.29) is 17.9 Å². The van der Waals surface area contributed by atoms with Crippen LogP contribution in [0.2, 0.25) is 0 Å². The summed E-state index contributed by atoms with van der Waals surface area (Å²) < 4.78 is 0. The van der Waals surface area contributed by atoms with E-state index in [1.807, 2.05) is 29.2 Å². The number of urea groups is 1. The van der Waals surface area contributed by atoms with Gasteiger partial charge in [0.2, 0.25) is 5.91 Å². The van der Waals surface area contributed by atoms with Crippen LogP contribution in [-0.4, -0.2) is 52.4 Å². The molecule has 0 bridgehead atoms. The molecule has 7 nitrogen and oxygen atoms in total. The minimum absolute atomic E-state index is 0.0667. The Morgan fingerprint density at radius 3 is 2.79 bits per heavy atom. The molecule has 0 unspecified atom stereocenters. The lowest BCUT2D eigenvalue weighted by Crippen LogP contribution is -2.41. The first kappa shape index (κ1) is 18.8. The molecule has 3 fully saturated rings. The molecule has 28 heavy (non-hydrogen) atoms. The van der Waals surface area contributed by atoms with Crippen molar-refractivity contribution in [3.63, 3.8) is 0 Å². The van der Waals surface area contributed by atoms with Crippen LogP contribution < -0.4 is 5.32 Å². The summed E-state index contributed by atoms with van der Waals surface area (Å²) in [6.07, 6.45) is 4.02. The first-order valence-electron chi connectivity index (χ1n) is 10.1. The quantitative estimate of drug-likeness (QED) is 0.813. The molecule has 1 aromatic carbocycles. The van der Waals surface area contributed by atoms with Gasteiger partial charge in [0.05, 0.1) is 5.41 Å². The summed E-state index contributed by atoms with van der Waals surface area (Å²) in [4.78, 5) is 39.7. The average molecular weight is 385 g/mol. The molecule has 0 spiro atoms. The lowest BCUT2D eigenvalue weighted by atomic mass is 9.81. The Balaban J connectivity index is 1.33. The molecular formula is C21H27N3O4. The molecule has 0 aromatic heterocycles. The van der Waals surface area contributed by atoms with E-state index in [0.29, 0.717) is 39.0 Å². The van der Waals surface area contributed by atoms with Crippen LogP contribution >= 0.6 is 0 Å². The number of benzene rings is 1. The van der Waals surface area contributed by atoms with Gasteiger partial charge < -0.3 is 20.2 Å². The van der Waals surface area contributed by atoms with Crippen LogP contribution in [0, 0.1) is 11.3 Å². The zero-order valence-corrected chi connectivity index (χ0v) is 16.0. The predicted molar refractivity (Wildman–Crippen MR) is 102 cm³/mol. The minimum Gasteiger partial charge on any atom is -0.481 e. The molecule has 7 heteroatoms. The summed E-state index contributed by atoms with van der Waals surface area (Å²) in [7, 11) is 0. The van der Waals surface area contributed by atoms with Crippen LogP contribution in [0.3, 0.4) is 0 Å². The lowest BCUT2D eigenvalue weighted by molar-refractivity contribution is -0.149. The van der Waals surface area contributed by atoms with Gasteiger partial charge in [-0.2, -0.15) is 0 Å². The summed E-state index contributed by atoms with van der Waals surface area (Å²) in [5.41, 5.74) is 1.28. The van der Waals surface area contributed by atoms with E-state index in [0.717, 1.165) is 36.9 Å². The molecule has 0 radical (unpaired) electrons. The van der Waals surface area contributed by atoms with Gasteiger partial charge in [-0.3, -0.25) is 9.59 Å². The van der Waals surface area contributed by atoms with E-state index < -0.39 is 11.4 Å². The van der Waals surface area contributed by atoms with E-state index in [2.05, 4.69) is 5.32 Å². The van der Waals surface area contributed by atoms with Crippen LogP contribution in [-0.2, 0) is 22.7 Å². The van der Waals surface area contributed by atoms with Gasteiger partial charge in [0.1, 0.15) is 0 Å². The molecule has 4 rings (SSSR count). The Morgan fingerprint density at radius 1 is 1.25 bits per heavy atom. The molecule has 1 aliphatic carbocycles. The number of likely N-dealkylation sites (tertiary alicyclic amines) is 2. The highest BCUT2D eigenvalue weighted by Crippen LogP contribution is 2.48.